The van der Waals surface area contributed by atoms with Gasteiger partial charge in [0.2, 0.25) is 0 Å². The SMILES string of the molecule is CC(C)(S)COS(=O)C(C)(C)C. The van der Waals surface area contributed by atoms with Crippen LogP contribution >= 0.6 is 12.6 Å². The smallest absolute Gasteiger partial charge is 0.161 e. The first kappa shape index (κ1) is 12.5. The topological polar surface area (TPSA) is 26.3 Å². The van der Waals surface area contributed by atoms with Crippen LogP contribution in [0.1, 0.15) is 34.6 Å². The molecule has 0 fully saturated rings. The van der Waals surface area contributed by atoms with E-state index in [1.807, 2.05) is 34.6 Å². The molecular formula is C8H18O2S2. The molecule has 0 aromatic carbocycles. The summed E-state index contributed by atoms with van der Waals surface area (Å²) in [5.74, 6) is 0. The zero-order valence-electron chi connectivity index (χ0n) is 8.38. The van der Waals surface area contributed by atoms with Crippen LogP contribution in [-0.4, -0.2) is 20.3 Å². The normalized spacial score (nSPS) is 16.2. The zero-order chi connectivity index (χ0) is 9.99. The molecule has 0 spiro atoms. The summed E-state index contributed by atoms with van der Waals surface area (Å²) in [6, 6.07) is 0. The van der Waals surface area contributed by atoms with Crippen molar-refractivity contribution in [3.8, 4) is 0 Å². The van der Waals surface area contributed by atoms with Gasteiger partial charge in [-0.15, -0.1) is 0 Å². The van der Waals surface area contributed by atoms with Crippen LogP contribution in [0, 0.1) is 0 Å². The van der Waals surface area contributed by atoms with E-state index < -0.39 is 11.1 Å². The summed E-state index contributed by atoms with van der Waals surface area (Å²) in [4.78, 5) is 0. The Labute approximate surface area is 83.1 Å². The summed E-state index contributed by atoms with van der Waals surface area (Å²) in [6.07, 6.45) is 0. The fourth-order valence-electron chi connectivity index (χ4n) is 0.374. The lowest BCUT2D eigenvalue weighted by Crippen LogP contribution is -2.28. The van der Waals surface area contributed by atoms with Gasteiger partial charge in [-0.05, 0) is 34.6 Å². The number of hydrogen-bond donors (Lipinski definition) is 1. The molecular weight excluding hydrogens is 192 g/mol. The van der Waals surface area contributed by atoms with Gasteiger partial charge in [0.05, 0.1) is 11.4 Å². The molecule has 0 saturated heterocycles. The van der Waals surface area contributed by atoms with E-state index >= 15 is 0 Å². The molecule has 0 aliphatic heterocycles. The molecule has 0 rings (SSSR count). The molecule has 0 aliphatic rings. The zero-order valence-corrected chi connectivity index (χ0v) is 10.1. The van der Waals surface area contributed by atoms with Crippen LogP contribution in [0.25, 0.3) is 0 Å². The van der Waals surface area contributed by atoms with E-state index in [0.717, 1.165) is 0 Å². The largest absolute Gasteiger partial charge is 0.289 e. The summed E-state index contributed by atoms with van der Waals surface area (Å²) in [7, 11) is 0. The highest BCUT2D eigenvalue weighted by Gasteiger charge is 2.23. The van der Waals surface area contributed by atoms with E-state index in [4.69, 9.17) is 4.18 Å². The third kappa shape index (κ3) is 6.03. The molecule has 4 heteroatoms. The van der Waals surface area contributed by atoms with Crippen molar-refractivity contribution in [3.63, 3.8) is 0 Å². The molecule has 0 aromatic heterocycles. The lowest BCUT2D eigenvalue weighted by atomic mass is 10.2. The Hall–Kier alpha value is 0.460. The Morgan fingerprint density at radius 2 is 1.67 bits per heavy atom. The molecule has 0 saturated carbocycles. The number of rotatable bonds is 3. The Balaban J connectivity index is 3.90. The second kappa shape index (κ2) is 4.11. The summed E-state index contributed by atoms with van der Waals surface area (Å²) < 4.78 is 16.0. The first-order valence-corrected chi connectivity index (χ1v) is 5.43. The second-order valence-corrected chi connectivity index (χ2v) is 7.56. The van der Waals surface area contributed by atoms with E-state index in [2.05, 4.69) is 12.6 Å². The van der Waals surface area contributed by atoms with Crippen LogP contribution < -0.4 is 0 Å². The highest BCUT2D eigenvalue weighted by Crippen LogP contribution is 2.17. The van der Waals surface area contributed by atoms with Crippen molar-refractivity contribution in [1.82, 2.24) is 0 Å². The van der Waals surface area contributed by atoms with E-state index in [0.29, 0.717) is 6.61 Å². The first-order chi connectivity index (χ1) is 5.13. The van der Waals surface area contributed by atoms with Gasteiger partial charge in [0.1, 0.15) is 0 Å². The van der Waals surface area contributed by atoms with E-state index in [1.54, 1.807) is 0 Å². The monoisotopic (exact) mass is 210 g/mol. The third-order valence-corrected chi connectivity index (χ3v) is 2.48. The maximum absolute atomic E-state index is 11.4. The fourth-order valence-corrected chi connectivity index (χ4v) is 1.28. The minimum Gasteiger partial charge on any atom is -0.289 e. The molecule has 0 N–H and O–H groups in total. The molecule has 0 aliphatic carbocycles. The molecule has 74 valence electrons. The van der Waals surface area contributed by atoms with Crippen molar-refractivity contribution < 1.29 is 8.39 Å². The average molecular weight is 210 g/mol. The summed E-state index contributed by atoms with van der Waals surface area (Å²) in [5.41, 5.74) is 0. The van der Waals surface area contributed by atoms with Gasteiger partial charge in [-0.25, -0.2) is 4.21 Å². The van der Waals surface area contributed by atoms with Crippen molar-refractivity contribution in [1.29, 1.82) is 0 Å². The van der Waals surface area contributed by atoms with Gasteiger partial charge in [-0.2, -0.15) is 12.6 Å². The highest BCUT2D eigenvalue weighted by atomic mass is 32.2. The van der Waals surface area contributed by atoms with Crippen LogP contribution in [0.15, 0.2) is 0 Å². The van der Waals surface area contributed by atoms with E-state index in [1.165, 1.54) is 0 Å². The van der Waals surface area contributed by atoms with Gasteiger partial charge < -0.3 is 0 Å². The van der Waals surface area contributed by atoms with Gasteiger partial charge >= 0.3 is 0 Å². The van der Waals surface area contributed by atoms with Gasteiger partial charge in [-0.3, -0.25) is 4.18 Å². The molecule has 0 heterocycles. The quantitative estimate of drug-likeness (QED) is 0.723. The first-order valence-electron chi connectivity index (χ1n) is 3.90. The van der Waals surface area contributed by atoms with Crippen LogP contribution in [0.5, 0.6) is 0 Å². The van der Waals surface area contributed by atoms with Crippen molar-refractivity contribution >= 4 is 23.7 Å². The van der Waals surface area contributed by atoms with Crippen LogP contribution in [0.2, 0.25) is 0 Å². The molecule has 0 amide bonds. The molecule has 0 radical (unpaired) electrons. The van der Waals surface area contributed by atoms with Gasteiger partial charge in [0.15, 0.2) is 11.1 Å². The maximum atomic E-state index is 11.4. The van der Waals surface area contributed by atoms with E-state index in [9.17, 15) is 4.21 Å². The predicted octanol–water partition coefficient (Wildman–Crippen LogP) is 2.17. The molecule has 12 heavy (non-hydrogen) atoms. The van der Waals surface area contributed by atoms with E-state index in [-0.39, 0.29) is 9.49 Å². The Kier molecular flexibility index (Phi) is 4.27. The van der Waals surface area contributed by atoms with Gasteiger partial charge in [0, 0.05) is 4.75 Å². The number of thiol groups is 1. The maximum Gasteiger partial charge on any atom is 0.161 e. The minimum absolute atomic E-state index is 0.221. The number of hydrogen-bond acceptors (Lipinski definition) is 3. The molecule has 1 unspecified atom stereocenters. The van der Waals surface area contributed by atoms with Crippen LogP contribution in [0.4, 0.5) is 0 Å². The molecule has 1 atom stereocenters. The summed E-state index contributed by atoms with van der Waals surface area (Å²) >= 11 is 3.03. The van der Waals surface area contributed by atoms with Crippen molar-refractivity contribution in [3.05, 3.63) is 0 Å². The molecule has 2 nitrogen and oxygen atoms in total. The minimum atomic E-state index is -1.23. The fraction of sp³-hybridized carbons (Fsp3) is 1.00. The predicted molar refractivity (Wildman–Crippen MR) is 56.9 cm³/mol. The van der Waals surface area contributed by atoms with Crippen LogP contribution in [-0.2, 0) is 15.3 Å². The Bertz CT molecular complexity index is 165. The standard InChI is InChI=1S/C8H18O2S2/c1-7(2,3)12(9)10-6-8(4,5)11/h11H,6H2,1-5H3. The summed E-state index contributed by atoms with van der Waals surface area (Å²) in [6.45, 7) is 9.91. The lowest BCUT2D eigenvalue weighted by Gasteiger charge is -2.21. The molecule has 0 aromatic rings. The lowest BCUT2D eigenvalue weighted by molar-refractivity contribution is 0.307. The Morgan fingerprint density at radius 1 is 1.25 bits per heavy atom. The van der Waals surface area contributed by atoms with Gasteiger partial charge in [-0.1, -0.05) is 0 Å². The Morgan fingerprint density at radius 3 is 1.92 bits per heavy atom. The second-order valence-electron chi connectivity index (χ2n) is 4.42. The third-order valence-electron chi connectivity index (χ3n) is 1.02. The van der Waals surface area contributed by atoms with Crippen molar-refractivity contribution in [2.75, 3.05) is 6.61 Å². The van der Waals surface area contributed by atoms with Crippen LogP contribution in [0.3, 0.4) is 0 Å². The molecule has 0 bridgehead atoms. The van der Waals surface area contributed by atoms with Crippen molar-refractivity contribution in [2.45, 2.75) is 44.1 Å². The van der Waals surface area contributed by atoms with Crippen molar-refractivity contribution in [2.24, 2.45) is 0 Å². The van der Waals surface area contributed by atoms with Gasteiger partial charge in [0.25, 0.3) is 0 Å². The highest BCUT2D eigenvalue weighted by molar-refractivity contribution is 7.82. The summed E-state index contributed by atoms with van der Waals surface area (Å²) in [5, 5.41) is 0. The average Bonchev–Trinajstić information content (AvgIpc) is 1.78.